The number of carbonyl (C=O) groups is 1. The normalized spacial score (nSPS) is 16.8. The Morgan fingerprint density at radius 3 is 2.92 bits per heavy atom. The van der Waals surface area contributed by atoms with Gasteiger partial charge in [-0.3, -0.25) is 4.79 Å². The van der Waals surface area contributed by atoms with E-state index in [1.807, 2.05) is 31.2 Å². The summed E-state index contributed by atoms with van der Waals surface area (Å²) in [5.74, 6) is -0.115. The molecule has 0 spiro atoms. The number of amides is 1. The van der Waals surface area contributed by atoms with E-state index in [0.29, 0.717) is 11.4 Å². The molecule has 5 nitrogen and oxygen atoms in total. The minimum atomic E-state index is -0.115. The van der Waals surface area contributed by atoms with E-state index in [1.165, 1.54) is 11.3 Å². The summed E-state index contributed by atoms with van der Waals surface area (Å²) < 4.78 is 5.64. The second-order valence-corrected chi connectivity index (χ2v) is 6.83. The Labute approximate surface area is 145 Å². The monoisotopic (exact) mass is 341 g/mol. The number of hydrogen-bond acceptors (Lipinski definition) is 5. The highest BCUT2D eigenvalue weighted by atomic mass is 32.1. The lowest BCUT2D eigenvalue weighted by atomic mass is 10.2. The Bertz CT molecular complexity index is 742. The zero-order valence-corrected chi connectivity index (χ0v) is 14.4. The van der Waals surface area contributed by atoms with E-state index in [0.717, 1.165) is 35.7 Å². The van der Waals surface area contributed by atoms with Gasteiger partial charge < -0.3 is 9.64 Å². The van der Waals surface area contributed by atoms with Crippen molar-refractivity contribution in [3.05, 3.63) is 45.9 Å². The Hall–Kier alpha value is -2.23. The lowest BCUT2D eigenvalue weighted by Gasteiger charge is -2.21. The predicted molar refractivity (Wildman–Crippen MR) is 93.1 cm³/mol. The molecule has 24 heavy (non-hydrogen) atoms. The van der Waals surface area contributed by atoms with Gasteiger partial charge in [0.2, 0.25) is 0 Å². The standard InChI is InChI=1S/C18H19N3O2S/c1-13-5-7-14(8-6-13)21(10-3-9-19)18(22)16-12-20-17(24-16)15-4-2-11-23-15/h5-8,12,15H,2-4,10-11H2,1H3. The van der Waals surface area contributed by atoms with Gasteiger partial charge in [0.15, 0.2) is 0 Å². The molecule has 0 radical (unpaired) electrons. The summed E-state index contributed by atoms with van der Waals surface area (Å²) in [6.45, 7) is 3.12. The highest BCUT2D eigenvalue weighted by molar-refractivity contribution is 7.13. The second kappa shape index (κ2) is 7.56. The molecular weight excluding hydrogens is 322 g/mol. The third-order valence-corrected chi connectivity index (χ3v) is 5.05. The fourth-order valence-electron chi connectivity index (χ4n) is 2.68. The molecule has 0 N–H and O–H groups in total. The van der Waals surface area contributed by atoms with Crippen molar-refractivity contribution < 1.29 is 9.53 Å². The number of thiazole rings is 1. The maximum Gasteiger partial charge on any atom is 0.270 e. The number of rotatable bonds is 5. The molecule has 1 aromatic carbocycles. The van der Waals surface area contributed by atoms with Gasteiger partial charge in [-0.15, -0.1) is 11.3 Å². The summed E-state index contributed by atoms with van der Waals surface area (Å²) in [6, 6.07) is 9.86. The van der Waals surface area contributed by atoms with E-state index in [9.17, 15) is 4.79 Å². The van der Waals surface area contributed by atoms with Gasteiger partial charge >= 0.3 is 0 Å². The molecule has 2 aromatic rings. The Kier molecular flexibility index (Phi) is 5.24. The zero-order valence-electron chi connectivity index (χ0n) is 13.6. The molecule has 6 heteroatoms. The van der Waals surface area contributed by atoms with Crippen molar-refractivity contribution in [2.75, 3.05) is 18.1 Å². The van der Waals surface area contributed by atoms with E-state index in [4.69, 9.17) is 10.00 Å². The number of benzene rings is 1. The molecular formula is C18H19N3O2S. The Morgan fingerprint density at radius 1 is 1.46 bits per heavy atom. The zero-order chi connectivity index (χ0) is 16.9. The summed E-state index contributed by atoms with van der Waals surface area (Å²) in [5, 5.41) is 9.75. The third kappa shape index (κ3) is 3.64. The molecule has 1 aliphatic rings. The number of ether oxygens (including phenoxy) is 1. The van der Waals surface area contributed by atoms with Gasteiger partial charge in [0, 0.05) is 18.8 Å². The minimum absolute atomic E-state index is 0.0171. The van der Waals surface area contributed by atoms with E-state index >= 15 is 0 Å². The van der Waals surface area contributed by atoms with E-state index in [2.05, 4.69) is 11.1 Å². The first-order valence-corrected chi connectivity index (χ1v) is 8.83. The number of nitrogens with zero attached hydrogens (tertiary/aromatic N) is 3. The van der Waals surface area contributed by atoms with Crippen LogP contribution in [0.15, 0.2) is 30.5 Å². The topological polar surface area (TPSA) is 66.2 Å². The summed E-state index contributed by atoms with van der Waals surface area (Å²) in [7, 11) is 0. The first-order chi connectivity index (χ1) is 11.7. The summed E-state index contributed by atoms with van der Waals surface area (Å²) in [6.07, 6.45) is 3.92. The summed E-state index contributed by atoms with van der Waals surface area (Å²) in [5.41, 5.74) is 1.93. The molecule has 1 unspecified atom stereocenters. The van der Waals surface area contributed by atoms with Crippen molar-refractivity contribution >= 4 is 22.9 Å². The van der Waals surface area contributed by atoms with Crippen LogP contribution in [-0.4, -0.2) is 24.0 Å². The van der Waals surface area contributed by atoms with Crippen molar-refractivity contribution in [1.82, 2.24) is 4.98 Å². The largest absolute Gasteiger partial charge is 0.371 e. The number of hydrogen-bond donors (Lipinski definition) is 0. The predicted octanol–water partition coefficient (Wildman–Crippen LogP) is 3.86. The van der Waals surface area contributed by atoms with Crippen molar-refractivity contribution in [3.63, 3.8) is 0 Å². The van der Waals surface area contributed by atoms with Gasteiger partial charge in [-0.2, -0.15) is 5.26 Å². The molecule has 124 valence electrons. The molecule has 1 atom stereocenters. The fourth-order valence-corrected chi connectivity index (χ4v) is 3.63. The van der Waals surface area contributed by atoms with Crippen LogP contribution in [0.4, 0.5) is 5.69 Å². The summed E-state index contributed by atoms with van der Waals surface area (Å²) >= 11 is 1.39. The van der Waals surface area contributed by atoms with Crippen molar-refractivity contribution in [1.29, 1.82) is 5.26 Å². The van der Waals surface area contributed by atoms with Gasteiger partial charge in [0.25, 0.3) is 5.91 Å². The van der Waals surface area contributed by atoms with E-state index < -0.39 is 0 Å². The molecule has 3 rings (SSSR count). The number of aryl methyl sites for hydroxylation is 1. The van der Waals surface area contributed by atoms with Gasteiger partial charge in [-0.25, -0.2) is 4.98 Å². The van der Waals surface area contributed by atoms with Crippen molar-refractivity contribution in [3.8, 4) is 6.07 Å². The molecule has 0 aliphatic carbocycles. The van der Waals surface area contributed by atoms with Crippen LogP contribution in [0.3, 0.4) is 0 Å². The first-order valence-electron chi connectivity index (χ1n) is 8.02. The van der Waals surface area contributed by atoms with Crippen LogP contribution in [0.25, 0.3) is 0 Å². The number of nitriles is 1. The number of anilines is 1. The lowest BCUT2D eigenvalue weighted by molar-refractivity contribution is 0.0991. The van der Waals surface area contributed by atoms with Crippen LogP contribution < -0.4 is 4.90 Å². The van der Waals surface area contributed by atoms with E-state index in [-0.39, 0.29) is 18.4 Å². The van der Waals surface area contributed by atoms with Crippen LogP contribution in [0.2, 0.25) is 0 Å². The van der Waals surface area contributed by atoms with Crippen molar-refractivity contribution in [2.24, 2.45) is 0 Å². The smallest absolute Gasteiger partial charge is 0.270 e. The maximum absolute atomic E-state index is 12.9. The fraction of sp³-hybridized carbons (Fsp3) is 0.389. The number of aromatic nitrogens is 1. The van der Waals surface area contributed by atoms with Crippen LogP contribution >= 0.6 is 11.3 Å². The first kappa shape index (κ1) is 16.6. The average molecular weight is 341 g/mol. The molecule has 0 bridgehead atoms. The molecule has 1 saturated heterocycles. The van der Waals surface area contributed by atoms with Crippen LogP contribution in [0, 0.1) is 18.3 Å². The third-order valence-electron chi connectivity index (χ3n) is 3.98. The van der Waals surface area contributed by atoms with E-state index in [1.54, 1.807) is 11.1 Å². The molecule has 1 fully saturated rings. The van der Waals surface area contributed by atoms with Crippen molar-refractivity contribution in [2.45, 2.75) is 32.3 Å². The molecule has 0 saturated carbocycles. The Morgan fingerprint density at radius 2 is 2.25 bits per heavy atom. The summed E-state index contributed by atoms with van der Waals surface area (Å²) in [4.78, 5) is 19.5. The van der Waals surface area contributed by atoms with Gasteiger partial charge in [0.1, 0.15) is 16.0 Å². The maximum atomic E-state index is 12.9. The molecule has 2 heterocycles. The lowest BCUT2D eigenvalue weighted by Crippen LogP contribution is -2.31. The SMILES string of the molecule is Cc1ccc(N(CCC#N)C(=O)c2cnc(C3CCCO3)s2)cc1. The minimum Gasteiger partial charge on any atom is -0.371 e. The molecule has 1 amide bonds. The Balaban J connectivity index is 1.82. The van der Waals surface area contributed by atoms with Crippen LogP contribution in [0.1, 0.15) is 45.6 Å². The highest BCUT2D eigenvalue weighted by Gasteiger charge is 2.25. The molecule has 1 aromatic heterocycles. The quantitative estimate of drug-likeness (QED) is 0.828. The molecule has 1 aliphatic heterocycles. The average Bonchev–Trinajstić information content (AvgIpc) is 3.27. The van der Waals surface area contributed by atoms with Crippen LogP contribution in [-0.2, 0) is 4.74 Å². The number of carbonyl (C=O) groups excluding carboxylic acids is 1. The van der Waals surface area contributed by atoms with Gasteiger partial charge in [0.05, 0.1) is 18.7 Å². The van der Waals surface area contributed by atoms with Gasteiger partial charge in [-0.1, -0.05) is 17.7 Å². The van der Waals surface area contributed by atoms with Gasteiger partial charge in [-0.05, 0) is 31.9 Å². The highest BCUT2D eigenvalue weighted by Crippen LogP contribution is 2.32. The second-order valence-electron chi connectivity index (χ2n) is 5.76. The van der Waals surface area contributed by atoms with Crippen LogP contribution in [0.5, 0.6) is 0 Å².